The molecule has 1 atom stereocenters. The Labute approximate surface area is 307 Å². The topological polar surface area (TPSA) is 51.8 Å². The summed E-state index contributed by atoms with van der Waals surface area (Å²) in [6.07, 6.45) is 7.58. The largest absolute Gasteiger partial charge is 0.456 e. The number of furan rings is 1. The standard InChI is InChI=1S/C49H33N3O/c1-3-11-32(12-4-1)34-19-21-36(22-20-34)41-30-43(46-42-17-9-10-18-44(42)53-45(46)31-41)49-51-47(37-14-5-2-6-15-37)50-48(52-49)38-26-23-35(24-27-38)40-28-25-33-13-7-8-16-39(33)29-40/h1-23,25-31,35H,24H2. The average molecular weight is 680 g/mol. The van der Waals surface area contributed by atoms with Gasteiger partial charge in [-0.1, -0.05) is 164 Å². The van der Waals surface area contributed by atoms with E-state index in [1.165, 1.54) is 27.5 Å². The van der Waals surface area contributed by atoms with E-state index in [4.69, 9.17) is 19.4 Å². The molecular formula is C49H33N3O. The van der Waals surface area contributed by atoms with Crippen LogP contribution in [-0.4, -0.2) is 15.0 Å². The number of para-hydroxylation sites is 1. The molecular weight excluding hydrogens is 647 g/mol. The van der Waals surface area contributed by atoms with Crippen LogP contribution in [0.2, 0.25) is 0 Å². The van der Waals surface area contributed by atoms with Gasteiger partial charge in [0, 0.05) is 33.4 Å². The van der Waals surface area contributed by atoms with E-state index in [9.17, 15) is 0 Å². The molecule has 0 amide bonds. The third-order valence-electron chi connectivity index (χ3n) is 10.3. The van der Waals surface area contributed by atoms with Crippen molar-refractivity contribution >= 4 is 38.3 Å². The molecule has 4 heteroatoms. The lowest BCUT2D eigenvalue weighted by Crippen LogP contribution is -2.05. The van der Waals surface area contributed by atoms with Gasteiger partial charge in [-0.05, 0) is 63.2 Å². The summed E-state index contributed by atoms with van der Waals surface area (Å²) >= 11 is 0. The van der Waals surface area contributed by atoms with Crippen molar-refractivity contribution in [3.8, 4) is 45.0 Å². The molecule has 0 spiro atoms. The quantitative estimate of drug-likeness (QED) is 0.175. The Morgan fingerprint density at radius 2 is 1.11 bits per heavy atom. The van der Waals surface area contributed by atoms with Gasteiger partial charge < -0.3 is 4.42 Å². The monoisotopic (exact) mass is 679 g/mol. The van der Waals surface area contributed by atoms with Gasteiger partial charge in [0.1, 0.15) is 11.2 Å². The fourth-order valence-corrected chi connectivity index (χ4v) is 7.50. The molecule has 0 fully saturated rings. The van der Waals surface area contributed by atoms with Gasteiger partial charge >= 0.3 is 0 Å². The van der Waals surface area contributed by atoms with Gasteiger partial charge in [-0.3, -0.25) is 0 Å². The molecule has 250 valence electrons. The van der Waals surface area contributed by atoms with E-state index in [1.807, 2.05) is 36.4 Å². The third kappa shape index (κ3) is 5.81. The van der Waals surface area contributed by atoms with Crippen LogP contribution in [0.5, 0.6) is 0 Å². The molecule has 0 aliphatic heterocycles. The van der Waals surface area contributed by atoms with Crippen LogP contribution in [0.1, 0.15) is 23.7 Å². The van der Waals surface area contributed by atoms with Crippen molar-refractivity contribution in [3.05, 3.63) is 193 Å². The van der Waals surface area contributed by atoms with E-state index >= 15 is 0 Å². The molecule has 10 rings (SSSR count). The van der Waals surface area contributed by atoms with Crippen LogP contribution in [-0.2, 0) is 0 Å². The first-order valence-electron chi connectivity index (χ1n) is 18.0. The van der Waals surface area contributed by atoms with Gasteiger partial charge in [0.15, 0.2) is 17.5 Å². The molecule has 1 aliphatic carbocycles. The highest BCUT2D eigenvalue weighted by Crippen LogP contribution is 2.40. The Hall–Kier alpha value is -6.91. The van der Waals surface area contributed by atoms with Crippen LogP contribution >= 0.6 is 0 Å². The van der Waals surface area contributed by atoms with Crippen LogP contribution in [0, 0.1) is 0 Å². The maximum Gasteiger partial charge on any atom is 0.164 e. The molecule has 0 saturated carbocycles. The predicted molar refractivity (Wildman–Crippen MR) is 217 cm³/mol. The number of nitrogens with zero attached hydrogens (tertiary/aromatic N) is 3. The normalized spacial score (nSPS) is 14.2. The van der Waals surface area contributed by atoms with Gasteiger partial charge in [0.25, 0.3) is 0 Å². The number of benzene rings is 7. The molecule has 9 aromatic rings. The zero-order valence-corrected chi connectivity index (χ0v) is 28.9. The lowest BCUT2D eigenvalue weighted by Gasteiger charge is -2.17. The zero-order chi connectivity index (χ0) is 35.1. The Kier molecular flexibility index (Phi) is 7.58. The number of aromatic nitrogens is 3. The minimum absolute atomic E-state index is 0.278. The highest BCUT2D eigenvalue weighted by molar-refractivity contribution is 6.13. The van der Waals surface area contributed by atoms with Crippen molar-refractivity contribution in [1.82, 2.24) is 15.0 Å². The van der Waals surface area contributed by atoms with E-state index in [-0.39, 0.29) is 5.92 Å². The Morgan fingerprint density at radius 3 is 1.89 bits per heavy atom. The SMILES string of the molecule is C1=CC(c2ccc3ccccc3c2)CC=C1c1nc(-c2ccccc2)nc(-c2cc(-c3ccc(-c4ccccc4)cc3)cc3oc4ccccc4c23)n1. The summed E-state index contributed by atoms with van der Waals surface area (Å²) in [5.41, 5.74) is 10.2. The summed E-state index contributed by atoms with van der Waals surface area (Å²) in [4.78, 5) is 15.5. The number of rotatable bonds is 6. The summed E-state index contributed by atoms with van der Waals surface area (Å²) < 4.78 is 6.52. The molecule has 0 radical (unpaired) electrons. The summed E-state index contributed by atoms with van der Waals surface area (Å²) in [5.74, 6) is 2.18. The number of hydrogen-bond acceptors (Lipinski definition) is 4. The van der Waals surface area contributed by atoms with E-state index in [0.717, 1.165) is 56.2 Å². The Morgan fingerprint density at radius 1 is 0.472 bits per heavy atom. The van der Waals surface area contributed by atoms with Crippen molar-refractivity contribution in [1.29, 1.82) is 0 Å². The third-order valence-corrected chi connectivity index (χ3v) is 10.3. The second-order valence-electron chi connectivity index (χ2n) is 13.6. The zero-order valence-electron chi connectivity index (χ0n) is 28.9. The first-order chi connectivity index (χ1) is 26.2. The van der Waals surface area contributed by atoms with Gasteiger partial charge in [0.05, 0.1) is 0 Å². The van der Waals surface area contributed by atoms with Crippen LogP contribution in [0.25, 0.3) is 83.3 Å². The molecule has 1 unspecified atom stereocenters. The van der Waals surface area contributed by atoms with Crippen LogP contribution in [0.3, 0.4) is 0 Å². The lowest BCUT2D eigenvalue weighted by atomic mass is 9.89. The lowest BCUT2D eigenvalue weighted by molar-refractivity contribution is 0.669. The van der Waals surface area contributed by atoms with Crippen molar-refractivity contribution in [2.45, 2.75) is 12.3 Å². The number of allylic oxidation sites excluding steroid dienone is 4. The highest BCUT2D eigenvalue weighted by Gasteiger charge is 2.21. The molecule has 0 N–H and O–H groups in total. The van der Waals surface area contributed by atoms with Gasteiger partial charge in [-0.25, -0.2) is 15.0 Å². The van der Waals surface area contributed by atoms with E-state index < -0.39 is 0 Å². The molecule has 4 nitrogen and oxygen atoms in total. The summed E-state index contributed by atoms with van der Waals surface area (Å²) in [6.45, 7) is 0. The first kappa shape index (κ1) is 30.9. The summed E-state index contributed by atoms with van der Waals surface area (Å²) in [6, 6.07) is 57.1. The maximum atomic E-state index is 6.52. The fourth-order valence-electron chi connectivity index (χ4n) is 7.50. The molecule has 7 aromatic carbocycles. The van der Waals surface area contributed by atoms with Gasteiger partial charge in [-0.15, -0.1) is 0 Å². The van der Waals surface area contributed by atoms with E-state index in [1.54, 1.807) is 0 Å². The number of hydrogen-bond donors (Lipinski definition) is 0. The average Bonchev–Trinajstić information content (AvgIpc) is 3.62. The highest BCUT2D eigenvalue weighted by atomic mass is 16.3. The molecule has 1 aliphatic rings. The summed E-state index contributed by atoms with van der Waals surface area (Å²) in [7, 11) is 0. The first-order valence-corrected chi connectivity index (χ1v) is 18.0. The second kappa shape index (κ2) is 13.0. The van der Waals surface area contributed by atoms with Crippen LogP contribution < -0.4 is 0 Å². The van der Waals surface area contributed by atoms with Crippen LogP contribution in [0.4, 0.5) is 0 Å². The van der Waals surface area contributed by atoms with Crippen molar-refractivity contribution in [3.63, 3.8) is 0 Å². The van der Waals surface area contributed by atoms with Crippen molar-refractivity contribution < 1.29 is 4.42 Å². The van der Waals surface area contributed by atoms with Crippen molar-refractivity contribution in [2.24, 2.45) is 0 Å². The molecule has 0 bridgehead atoms. The van der Waals surface area contributed by atoms with Crippen LogP contribution in [0.15, 0.2) is 186 Å². The van der Waals surface area contributed by atoms with Crippen molar-refractivity contribution in [2.75, 3.05) is 0 Å². The molecule has 0 saturated heterocycles. The maximum absolute atomic E-state index is 6.52. The second-order valence-corrected chi connectivity index (χ2v) is 13.6. The van der Waals surface area contributed by atoms with E-state index in [0.29, 0.717) is 17.5 Å². The molecule has 2 heterocycles. The molecule has 53 heavy (non-hydrogen) atoms. The predicted octanol–water partition coefficient (Wildman–Crippen LogP) is 12.7. The van der Waals surface area contributed by atoms with Gasteiger partial charge in [-0.2, -0.15) is 0 Å². The van der Waals surface area contributed by atoms with E-state index in [2.05, 4.69) is 146 Å². The number of fused-ring (bicyclic) bond motifs is 4. The fraction of sp³-hybridized carbons (Fsp3) is 0.0408. The molecule has 2 aromatic heterocycles. The summed E-state index contributed by atoms with van der Waals surface area (Å²) in [5, 5.41) is 4.54. The Bertz CT molecular complexity index is 2850. The Balaban J connectivity index is 1.10. The minimum Gasteiger partial charge on any atom is -0.456 e. The van der Waals surface area contributed by atoms with Gasteiger partial charge in [0.2, 0.25) is 0 Å². The smallest absolute Gasteiger partial charge is 0.164 e. The minimum atomic E-state index is 0.278.